The Morgan fingerprint density at radius 3 is 2.78 bits per heavy atom. The first-order valence-corrected chi connectivity index (χ1v) is 9.71. The van der Waals surface area contributed by atoms with Gasteiger partial charge in [-0.25, -0.2) is 4.98 Å². The van der Waals surface area contributed by atoms with Gasteiger partial charge in [0.05, 0.1) is 29.2 Å². The fourth-order valence-electron chi connectivity index (χ4n) is 2.67. The molecule has 1 atom stereocenters. The largest absolute Gasteiger partial charge is 0.495 e. The van der Waals surface area contributed by atoms with Gasteiger partial charge >= 0.3 is 0 Å². The summed E-state index contributed by atoms with van der Waals surface area (Å²) in [6, 6.07) is 10.8. The van der Waals surface area contributed by atoms with Gasteiger partial charge in [0.15, 0.2) is 0 Å². The Hall–Kier alpha value is -2.18. The number of nitrogens with zero attached hydrogens (tertiary/aromatic N) is 3. The molecule has 0 saturated heterocycles. The van der Waals surface area contributed by atoms with E-state index in [-0.39, 0.29) is 11.5 Å². The number of halogens is 2. The highest BCUT2D eigenvalue weighted by atomic mass is 79.9. The van der Waals surface area contributed by atoms with Crippen LogP contribution in [0.2, 0.25) is 5.02 Å². The second kappa shape index (κ2) is 8.23. The van der Waals surface area contributed by atoms with Crippen LogP contribution in [-0.2, 0) is 0 Å². The van der Waals surface area contributed by atoms with Crippen molar-refractivity contribution in [3.05, 3.63) is 67.6 Å². The second-order valence-electron chi connectivity index (χ2n) is 6.20. The summed E-state index contributed by atoms with van der Waals surface area (Å²) in [5.74, 6) is 1.30. The molecule has 0 bridgehead atoms. The average molecular weight is 449 g/mol. The molecule has 0 radical (unpaired) electrons. The van der Waals surface area contributed by atoms with Crippen molar-refractivity contribution in [2.75, 3.05) is 7.11 Å². The van der Waals surface area contributed by atoms with Gasteiger partial charge in [0, 0.05) is 10.4 Å². The standard InChI is InChI=1S/C20H19BrClN3O2/c1-4-12(2)19-24-17-7-6-14(21)10-15(17)20(26)25(19)23-11-13-5-8-18(27-3)16(22)9-13/h5-12H,4H2,1-3H3/t12-/m1/s1. The SMILES string of the molecule is CC[C@@H](C)c1nc2ccc(Br)cc2c(=O)n1N=Cc1ccc(OC)c(Cl)c1. The summed E-state index contributed by atoms with van der Waals surface area (Å²) >= 11 is 9.58. The van der Waals surface area contributed by atoms with Gasteiger partial charge < -0.3 is 4.74 Å². The Bertz CT molecular complexity index is 1080. The normalized spacial score (nSPS) is 12.6. The van der Waals surface area contributed by atoms with Crippen LogP contribution >= 0.6 is 27.5 Å². The van der Waals surface area contributed by atoms with Gasteiger partial charge in [-0.3, -0.25) is 4.79 Å². The van der Waals surface area contributed by atoms with E-state index in [4.69, 9.17) is 16.3 Å². The molecule has 140 valence electrons. The lowest BCUT2D eigenvalue weighted by molar-refractivity contribution is 0.415. The van der Waals surface area contributed by atoms with Gasteiger partial charge in [-0.1, -0.05) is 41.4 Å². The van der Waals surface area contributed by atoms with E-state index in [0.717, 1.165) is 16.5 Å². The Morgan fingerprint density at radius 1 is 1.33 bits per heavy atom. The third kappa shape index (κ3) is 4.06. The predicted molar refractivity (Wildman–Crippen MR) is 113 cm³/mol. The molecule has 1 heterocycles. The van der Waals surface area contributed by atoms with E-state index in [1.807, 2.05) is 25.1 Å². The van der Waals surface area contributed by atoms with Gasteiger partial charge in [0.1, 0.15) is 11.6 Å². The number of hydrogen-bond acceptors (Lipinski definition) is 4. The molecule has 1 aromatic heterocycles. The topological polar surface area (TPSA) is 56.5 Å². The van der Waals surface area contributed by atoms with Crippen LogP contribution in [0.15, 0.2) is 50.8 Å². The van der Waals surface area contributed by atoms with E-state index in [1.54, 1.807) is 31.5 Å². The van der Waals surface area contributed by atoms with E-state index in [1.165, 1.54) is 4.68 Å². The zero-order chi connectivity index (χ0) is 19.6. The molecule has 0 aliphatic heterocycles. The molecular weight excluding hydrogens is 430 g/mol. The second-order valence-corrected chi connectivity index (χ2v) is 7.52. The number of fused-ring (bicyclic) bond motifs is 1. The molecule has 27 heavy (non-hydrogen) atoms. The summed E-state index contributed by atoms with van der Waals surface area (Å²) < 4.78 is 7.36. The molecular formula is C20H19BrClN3O2. The van der Waals surface area contributed by atoms with E-state index in [9.17, 15) is 4.79 Å². The van der Waals surface area contributed by atoms with Crippen molar-refractivity contribution in [1.82, 2.24) is 9.66 Å². The fourth-order valence-corrected chi connectivity index (χ4v) is 3.29. The van der Waals surface area contributed by atoms with Crippen LogP contribution in [0.3, 0.4) is 0 Å². The first kappa shape index (κ1) is 19.6. The number of ether oxygens (including phenoxy) is 1. The maximum atomic E-state index is 13.1. The fraction of sp³-hybridized carbons (Fsp3) is 0.250. The molecule has 7 heteroatoms. The first-order valence-electron chi connectivity index (χ1n) is 8.54. The molecule has 0 amide bonds. The van der Waals surface area contributed by atoms with Gasteiger partial charge in [-0.05, 0) is 48.4 Å². The third-order valence-corrected chi connectivity index (χ3v) is 5.17. The molecule has 5 nitrogen and oxygen atoms in total. The molecule has 0 fully saturated rings. The molecule has 0 unspecified atom stereocenters. The summed E-state index contributed by atoms with van der Waals surface area (Å²) in [5, 5.41) is 5.42. The molecule has 0 spiro atoms. The van der Waals surface area contributed by atoms with Gasteiger partial charge in [0.2, 0.25) is 0 Å². The zero-order valence-electron chi connectivity index (χ0n) is 15.2. The summed E-state index contributed by atoms with van der Waals surface area (Å²) in [6.07, 6.45) is 2.45. The first-order chi connectivity index (χ1) is 12.9. The lowest BCUT2D eigenvalue weighted by Crippen LogP contribution is -2.23. The van der Waals surface area contributed by atoms with Gasteiger partial charge in [-0.2, -0.15) is 9.78 Å². The smallest absolute Gasteiger partial charge is 0.282 e. The lowest BCUT2D eigenvalue weighted by atomic mass is 10.1. The average Bonchev–Trinajstić information content (AvgIpc) is 2.67. The van der Waals surface area contributed by atoms with E-state index < -0.39 is 0 Å². The van der Waals surface area contributed by atoms with Crippen LogP contribution in [0.5, 0.6) is 5.75 Å². The van der Waals surface area contributed by atoms with Crippen LogP contribution in [0.4, 0.5) is 0 Å². The predicted octanol–water partition coefficient (Wildman–Crippen LogP) is 5.22. The van der Waals surface area contributed by atoms with Crippen molar-refractivity contribution in [1.29, 1.82) is 0 Å². The number of methoxy groups -OCH3 is 1. The van der Waals surface area contributed by atoms with Crippen molar-refractivity contribution in [2.45, 2.75) is 26.2 Å². The zero-order valence-corrected chi connectivity index (χ0v) is 17.6. The minimum atomic E-state index is -0.201. The highest BCUT2D eigenvalue weighted by molar-refractivity contribution is 9.10. The summed E-state index contributed by atoms with van der Waals surface area (Å²) in [7, 11) is 1.56. The number of rotatable bonds is 5. The minimum absolute atomic E-state index is 0.0855. The Kier molecular flexibility index (Phi) is 5.97. The van der Waals surface area contributed by atoms with Crippen LogP contribution < -0.4 is 10.3 Å². The monoisotopic (exact) mass is 447 g/mol. The third-order valence-electron chi connectivity index (χ3n) is 4.38. The molecule has 0 aliphatic rings. The quantitative estimate of drug-likeness (QED) is 0.503. The molecule has 0 aliphatic carbocycles. The van der Waals surface area contributed by atoms with Crippen molar-refractivity contribution in [3.8, 4) is 5.75 Å². The van der Waals surface area contributed by atoms with Crippen LogP contribution in [0.25, 0.3) is 10.9 Å². The molecule has 0 N–H and O–H groups in total. The van der Waals surface area contributed by atoms with E-state index >= 15 is 0 Å². The maximum Gasteiger partial charge on any atom is 0.282 e. The minimum Gasteiger partial charge on any atom is -0.495 e. The Morgan fingerprint density at radius 2 is 2.11 bits per heavy atom. The molecule has 3 rings (SSSR count). The molecule has 2 aromatic carbocycles. The van der Waals surface area contributed by atoms with Crippen molar-refractivity contribution in [3.63, 3.8) is 0 Å². The highest BCUT2D eigenvalue weighted by Crippen LogP contribution is 2.24. The van der Waals surface area contributed by atoms with Crippen LogP contribution in [-0.4, -0.2) is 23.0 Å². The van der Waals surface area contributed by atoms with E-state index in [2.05, 4.69) is 32.9 Å². The summed E-state index contributed by atoms with van der Waals surface area (Å²) in [6.45, 7) is 4.09. The van der Waals surface area contributed by atoms with E-state index in [0.29, 0.717) is 27.5 Å². The number of benzene rings is 2. The Balaban J connectivity index is 2.15. The summed E-state index contributed by atoms with van der Waals surface area (Å²) in [5.41, 5.74) is 1.22. The number of hydrogen-bond donors (Lipinski definition) is 0. The van der Waals surface area contributed by atoms with Crippen LogP contribution in [0, 0.1) is 0 Å². The Labute approximate surface area is 170 Å². The molecule has 0 saturated carbocycles. The van der Waals surface area contributed by atoms with Gasteiger partial charge in [0.25, 0.3) is 5.56 Å². The van der Waals surface area contributed by atoms with Crippen molar-refractivity contribution in [2.24, 2.45) is 5.10 Å². The number of aromatic nitrogens is 2. The van der Waals surface area contributed by atoms with Gasteiger partial charge in [-0.15, -0.1) is 0 Å². The summed E-state index contributed by atoms with van der Waals surface area (Å²) in [4.78, 5) is 17.7. The lowest BCUT2D eigenvalue weighted by Gasteiger charge is -2.14. The molecule has 3 aromatic rings. The van der Waals surface area contributed by atoms with Crippen LogP contribution in [0.1, 0.15) is 37.6 Å². The maximum absolute atomic E-state index is 13.1. The van der Waals surface area contributed by atoms with Crippen molar-refractivity contribution >= 4 is 44.6 Å². The van der Waals surface area contributed by atoms with Crippen molar-refractivity contribution < 1.29 is 4.74 Å². The highest BCUT2D eigenvalue weighted by Gasteiger charge is 2.15.